The van der Waals surface area contributed by atoms with Crippen molar-refractivity contribution in [2.24, 2.45) is 7.05 Å². The highest BCUT2D eigenvalue weighted by molar-refractivity contribution is 6.32. The molecule has 0 saturated heterocycles. The number of hydrogen-bond donors (Lipinski definition) is 1. The first-order valence-corrected chi connectivity index (χ1v) is 7.86. The second-order valence-corrected chi connectivity index (χ2v) is 6.03. The first-order valence-electron chi connectivity index (χ1n) is 7.48. The van der Waals surface area contributed by atoms with Crippen LogP contribution in [0.25, 0.3) is 11.4 Å². The van der Waals surface area contributed by atoms with E-state index in [0.29, 0.717) is 11.6 Å². The molecule has 1 aromatic heterocycles. The molecule has 0 amide bonds. The molecule has 9 heteroatoms. The molecule has 0 aliphatic carbocycles. The van der Waals surface area contributed by atoms with E-state index < -0.39 is 11.7 Å². The Morgan fingerprint density at radius 2 is 1.81 bits per heavy atom. The highest BCUT2D eigenvalue weighted by atomic mass is 35.5. The van der Waals surface area contributed by atoms with E-state index in [1.54, 1.807) is 25.1 Å². The quantitative estimate of drug-likeness (QED) is 0.717. The van der Waals surface area contributed by atoms with E-state index >= 15 is 0 Å². The smallest absolute Gasteiger partial charge is 0.417 e. The number of hydrogen-bond acceptors (Lipinski definition) is 4. The maximum absolute atomic E-state index is 13.3. The second kappa shape index (κ2) is 6.53. The van der Waals surface area contributed by atoms with Crippen LogP contribution >= 0.6 is 11.6 Å². The lowest BCUT2D eigenvalue weighted by molar-refractivity contribution is -0.137. The van der Waals surface area contributed by atoms with Gasteiger partial charge in [0.25, 0.3) is 0 Å². The van der Waals surface area contributed by atoms with Gasteiger partial charge in [0.15, 0.2) is 5.82 Å². The average molecular weight is 383 g/mol. The molecule has 136 valence electrons. The van der Waals surface area contributed by atoms with Gasteiger partial charge in [-0.25, -0.2) is 0 Å². The molecule has 3 aromatic rings. The third-order valence-corrected chi connectivity index (χ3v) is 4.25. The number of aromatic nitrogens is 3. The van der Waals surface area contributed by atoms with Crippen molar-refractivity contribution in [3.8, 4) is 17.1 Å². The third kappa shape index (κ3) is 3.20. The number of halogens is 4. The monoisotopic (exact) mass is 382 g/mol. The fraction of sp³-hybridized carbons (Fsp3) is 0.176. The molecule has 0 bridgehead atoms. The molecule has 0 saturated carbocycles. The standard InChI is InChI=1S/C17H14ClF3N4O/c1-24(10-7-8-14(26)13(18)9-10)16-23-22-15(25(16)2)11-5-3-4-6-12(11)17(19,20)21/h3-9,26H,1-2H3. The Kier molecular flexibility index (Phi) is 4.53. The van der Waals surface area contributed by atoms with Crippen molar-refractivity contribution in [1.82, 2.24) is 14.8 Å². The Labute approximate surface area is 152 Å². The average Bonchev–Trinajstić information content (AvgIpc) is 2.97. The van der Waals surface area contributed by atoms with Crippen LogP contribution < -0.4 is 4.90 Å². The largest absolute Gasteiger partial charge is 0.506 e. The molecule has 3 rings (SSSR count). The maximum Gasteiger partial charge on any atom is 0.417 e. The highest BCUT2D eigenvalue weighted by Crippen LogP contribution is 2.37. The summed E-state index contributed by atoms with van der Waals surface area (Å²) >= 11 is 5.91. The van der Waals surface area contributed by atoms with Gasteiger partial charge in [-0.2, -0.15) is 13.2 Å². The molecule has 1 N–H and O–H groups in total. The minimum absolute atomic E-state index is 0.0570. The summed E-state index contributed by atoms with van der Waals surface area (Å²) in [7, 11) is 3.25. The first kappa shape index (κ1) is 18.1. The molecule has 0 radical (unpaired) electrons. The number of alkyl halides is 3. The lowest BCUT2D eigenvalue weighted by Gasteiger charge is -2.19. The fourth-order valence-electron chi connectivity index (χ4n) is 2.59. The van der Waals surface area contributed by atoms with Gasteiger partial charge in [0.05, 0.1) is 10.6 Å². The molecule has 1 heterocycles. The molecule has 0 spiro atoms. The van der Waals surface area contributed by atoms with Gasteiger partial charge in [-0.3, -0.25) is 4.57 Å². The molecular weight excluding hydrogens is 369 g/mol. The molecule has 2 aromatic carbocycles. The molecular formula is C17H14ClF3N4O. The minimum Gasteiger partial charge on any atom is -0.506 e. The molecule has 26 heavy (non-hydrogen) atoms. The van der Waals surface area contributed by atoms with Crippen LogP contribution in [0.3, 0.4) is 0 Å². The molecule has 5 nitrogen and oxygen atoms in total. The van der Waals surface area contributed by atoms with Gasteiger partial charge >= 0.3 is 6.18 Å². The predicted octanol–water partition coefficient (Wildman–Crippen LogP) is 4.63. The number of aromatic hydroxyl groups is 1. The van der Waals surface area contributed by atoms with Crippen molar-refractivity contribution in [2.45, 2.75) is 6.18 Å². The normalized spacial score (nSPS) is 11.6. The summed E-state index contributed by atoms with van der Waals surface area (Å²) in [5.74, 6) is 0.338. The summed E-state index contributed by atoms with van der Waals surface area (Å²) in [6, 6.07) is 9.76. The number of benzene rings is 2. The van der Waals surface area contributed by atoms with Crippen molar-refractivity contribution in [3.63, 3.8) is 0 Å². The zero-order valence-corrected chi connectivity index (χ0v) is 14.5. The Morgan fingerprint density at radius 3 is 2.46 bits per heavy atom. The van der Waals surface area contributed by atoms with Crippen LogP contribution in [0.15, 0.2) is 42.5 Å². The Bertz CT molecular complexity index is 955. The van der Waals surface area contributed by atoms with Gasteiger partial charge in [0.2, 0.25) is 5.95 Å². The summed E-state index contributed by atoms with van der Waals surface area (Å²) in [4.78, 5) is 1.61. The Balaban J connectivity index is 2.05. The highest BCUT2D eigenvalue weighted by Gasteiger charge is 2.34. The van der Waals surface area contributed by atoms with Crippen LogP contribution in [-0.4, -0.2) is 26.9 Å². The summed E-state index contributed by atoms with van der Waals surface area (Å²) in [6.45, 7) is 0. The van der Waals surface area contributed by atoms with Gasteiger partial charge in [-0.1, -0.05) is 29.8 Å². The Hall–Kier alpha value is -2.74. The zero-order valence-electron chi connectivity index (χ0n) is 13.8. The zero-order chi connectivity index (χ0) is 19.1. The van der Waals surface area contributed by atoms with Crippen LogP contribution in [0.1, 0.15) is 5.56 Å². The SMILES string of the molecule is CN(c1ccc(O)c(Cl)c1)c1nnc(-c2ccccc2C(F)(F)F)n1C. The Morgan fingerprint density at radius 1 is 1.12 bits per heavy atom. The lowest BCUT2D eigenvalue weighted by Crippen LogP contribution is -2.15. The summed E-state index contributed by atoms with van der Waals surface area (Å²) < 4.78 is 41.3. The van der Waals surface area contributed by atoms with E-state index in [1.807, 2.05) is 0 Å². The van der Waals surface area contributed by atoms with Crippen molar-refractivity contribution < 1.29 is 18.3 Å². The number of phenols is 1. The van der Waals surface area contributed by atoms with E-state index in [2.05, 4.69) is 10.2 Å². The topological polar surface area (TPSA) is 54.2 Å². The van der Waals surface area contributed by atoms with Gasteiger partial charge in [0.1, 0.15) is 5.75 Å². The van der Waals surface area contributed by atoms with E-state index in [9.17, 15) is 18.3 Å². The summed E-state index contributed by atoms with van der Waals surface area (Å²) in [5, 5.41) is 17.6. The van der Waals surface area contributed by atoms with Crippen LogP contribution in [-0.2, 0) is 13.2 Å². The first-order chi connectivity index (χ1) is 12.2. The van der Waals surface area contributed by atoms with E-state index in [-0.39, 0.29) is 22.2 Å². The summed E-state index contributed by atoms with van der Waals surface area (Å²) in [6.07, 6.45) is -4.50. The number of nitrogens with zero attached hydrogens (tertiary/aromatic N) is 4. The van der Waals surface area contributed by atoms with Crippen molar-refractivity contribution >= 4 is 23.2 Å². The van der Waals surface area contributed by atoms with Crippen LogP contribution in [0, 0.1) is 0 Å². The predicted molar refractivity (Wildman–Crippen MR) is 92.6 cm³/mol. The second-order valence-electron chi connectivity index (χ2n) is 5.62. The van der Waals surface area contributed by atoms with Gasteiger partial charge in [-0.05, 0) is 24.3 Å². The fourth-order valence-corrected chi connectivity index (χ4v) is 2.77. The number of phenolic OH excluding ortho intramolecular Hbond substituents is 1. The molecule has 0 unspecified atom stereocenters. The summed E-state index contributed by atoms with van der Waals surface area (Å²) in [5.41, 5.74) is -0.241. The maximum atomic E-state index is 13.3. The van der Waals surface area contributed by atoms with E-state index in [4.69, 9.17) is 11.6 Å². The van der Waals surface area contributed by atoms with E-state index in [1.165, 1.54) is 34.9 Å². The minimum atomic E-state index is -4.50. The molecule has 0 aliphatic heterocycles. The van der Waals surface area contributed by atoms with Crippen LogP contribution in [0.4, 0.5) is 24.8 Å². The van der Waals surface area contributed by atoms with Gasteiger partial charge in [0, 0.05) is 25.3 Å². The van der Waals surface area contributed by atoms with Crippen LogP contribution in [0.5, 0.6) is 5.75 Å². The molecule has 0 aliphatic rings. The molecule has 0 atom stereocenters. The van der Waals surface area contributed by atoms with Crippen LogP contribution in [0.2, 0.25) is 5.02 Å². The van der Waals surface area contributed by atoms with Gasteiger partial charge in [-0.15, -0.1) is 10.2 Å². The molecule has 0 fully saturated rings. The van der Waals surface area contributed by atoms with Crippen molar-refractivity contribution in [2.75, 3.05) is 11.9 Å². The number of rotatable bonds is 3. The van der Waals surface area contributed by atoms with Gasteiger partial charge < -0.3 is 10.0 Å². The third-order valence-electron chi connectivity index (χ3n) is 3.94. The number of anilines is 2. The van der Waals surface area contributed by atoms with Crippen molar-refractivity contribution in [1.29, 1.82) is 0 Å². The lowest BCUT2D eigenvalue weighted by atomic mass is 10.1. The van der Waals surface area contributed by atoms with E-state index in [0.717, 1.165) is 6.07 Å². The van der Waals surface area contributed by atoms with Crippen molar-refractivity contribution in [3.05, 3.63) is 53.1 Å².